The molecule has 0 saturated carbocycles. The lowest BCUT2D eigenvalue weighted by atomic mass is 9.98. The number of benzene rings is 1. The first kappa shape index (κ1) is 18.3. The zero-order valence-corrected chi connectivity index (χ0v) is 17.4. The molecule has 1 fully saturated rings. The Morgan fingerprint density at radius 2 is 1.97 bits per heavy atom. The Bertz CT molecular complexity index is 1090. The maximum atomic E-state index is 4.95. The number of hydrogen-bond donors (Lipinski definition) is 2. The summed E-state index contributed by atoms with van der Waals surface area (Å²) in [5.41, 5.74) is 5.33. The first-order chi connectivity index (χ1) is 14.3. The summed E-state index contributed by atoms with van der Waals surface area (Å²) in [6, 6.07) is 12.6. The second-order valence-corrected chi connectivity index (χ2v) is 8.61. The number of fused-ring (bicyclic) bond motifs is 1. The van der Waals surface area contributed by atoms with Gasteiger partial charge in [0.1, 0.15) is 5.65 Å². The minimum Gasteiger partial charge on any atom is -0.351 e. The zero-order valence-electron chi connectivity index (χ0n) is 16.6. The molecular weight excluding hydrogens is 378 g/mol. The number of anilines is 1. The molecule has 148 valence electrons. The van der Waals surface area contributed by atoms with E-state index in [1.54, 1.807) is 11.3 Å². The zero-order chi connectivity index (χ0) is 19.6. The van der Waals surface area contributed by atoms with Crippen molar-refractivity contribution < 1.29 is 0 Å². The third-order valence-electron chi connectivity index (χ3n) is 5.72. The van der Waals surface area contributed by atoms with Crippen molar-refractivity contribution in [3.8, 4) is 22.4 Å². The van der Waals surface area contributed by atoms with Crippen LogP contribution in [0.25, 0.3) is 33.4 Å². The lowest BCUT2D eigenvalue weighted by molar-refractivity contribution is 0.378. The van der Waals surface area contributed by atoms with Gasteiger partial charge in [0, 0.05) is 47.9 Å². The van der Waals surface area contributed by atoms with E-state index in [1.807, 2.05) is 18.5 Å². The molecule has 29 heavy (non-hydrogen) atoms. The maximum absolute atomic E-state index is 4.95. The fourth-order valence-corrected chi connectivity index (χ4v) is 4.90. The Morgan fingerprint density at radius 1 is 1.14 bits per heavy atom. The van der Waals surface area contributed by atoms with Gasteiger partial charge in [-0.1, -0.05) is 30.3 Å². The molecule has 0 bridgehead atoms. The highest BCUT2D eigenvalue weighted by Crippen LogP contribution is 2.33. The first-order valence-electron chi connectivity index (χ1n) is 10.2. The van der Waals surface area contributed by atoms with Crippen molar-refractivity contribution in [2.45, 2.75) is 12.8 Å². The van der Waals surface area contributed by atoms with E-state index in [2.05, 4.69) is 62.9 Å². The summed E-state index contributed by atoms with van der Waals surface area (Å²) in [5, 5.41) is 7.80. The Hall–Kier alpha value is -2.70. The van der Waals surface area contributed by atoms with Crippen molar-refractivity contribution in [3.05, 3.63) is 54.2 Å². The molecule has 1 aliphatic heterocycles. The minimum absolute atomic E-state index is 0.749. The van der Waals surface area contributed by atoms with Gasteiger partial charge in [-0.2, -0.15) is 0 Å². The summed E-state index contributed by atoms with van der Waals surface area (Å²) in [6.07, 6.45) is 6.45. The number of piperidine rings is 1. The summed E-state index contributed by atoms with van der Waals surface area (Å²) in [5.74, 6) is 0.749. The van der Waals surface area contributed by atoms with Gasteiger partial charge in [0.25, 0.3) is 0 Å². The van der Waals surface area contributed by atoms with Crippen molar-refractivity contribution >= 4 is 27.5 Å². The number of nitrogens with one attached hydrogen (secondary N) is 2. The largest absolute Gasteiger partial charge is 0.351 e. The first-order valence-corrected chi connectivity index (χ1v) is 11.1. The molecule has 4 aromatic rings. The Balaban J connectivity index is 1.42. The molecular formula is C23H25N5S. The monoisotopic (exact) mass is 403 g/mol. The molecule has 0 atom stereocenters. The third-order valence-corrected chi connectivity index (χ3v) is 6.68. The molecule has 5 nitrogen and oxygen atoms in total. The molecule has 1 saturated heterocycles. The van der Waals surface area contributed by atoms with Crippen molar-refractivity contribution in [2.75, 3.05) is 31.6 Å². The van der Waals surface area contributed by atoms with Gasteiger partial charge in [0.05, 0.1) is 5.69 Å². The molecule has 0 radical (unpaired) electrons. The van der Waals surface area contributed by atoms with Crippen LogP contribution in [0.3, 0.4) is 0 Å². The predicted molar refractivity (Wildman–Crippen MR) is 122 cm³/mol. The van der Waals surface area contributed by atoms with Gasteiger partial charge in [-0.15, -0.1) is 11.3 Å². The van der Waals surface area contributed by atoms with E-state index in [4.69, 9.17) is 4.98 Å². The lowest BCUT2D eigenvalue weighted by Gasteiger charge is -2.27. The van der Waals surface area contributed by atoms with Crippen LogP contribution in [-0.2, 0) is 0 Å². The fraction of sp³-hybridized carbons (Fsp3) is 0.304. The van der Waals surface area contributed by atoms with Gasteiger partial charge in [0.2, 0.25) is 0 Å². The van der Waals surface area contributed by atoms with Gasteiger partial charge in [-0.05, 0) is 43.5 Å². The van der Waals surface area contributed by atoms with Crippen LogP contribution in [0.1, 0.15) is 12.8 Å². The second-order valence-electron chi connectivity index (χ2n) is 7.78. The Kier molecular flexibility index (Phi) is 5.04. The van der Waals surface area contributed by atoms with Gasteiger partial charge in [0.15, 0.2) is 5.13 Å². The summed E-state index contributed by atoms with van der Waals surface area (Å²) >= 11 is 1.72. The average molecular weight is 404 g/mol. The van der Waals surface area contributed by atoms with Crippen LogP contribution in [0.15, 0.2) is 54.2 Å². The number of H-pyrrole nitrogens is 1. The maximum Gasteiger partial charge on any atom is 0.185 e. The van der Waals surface area contributed by atoms with Crippen LogP contribution in [0.4, 0.5) is 5.13 Å². The fourth-order valence-electron chi connectivity index (χ4n) is 4.10. The minimum atomic E-state index is 0.749. The second kappa shape index (κ2) is 7.97. The SMILES string of the molecule is CN(CC1CCNCC1)c1nc(-c2c[nH]c3ncc(-c4ccccc4)cc23)cs1. The number of aromatic nitrogens is 3. The number of rotatable bonds is 5. The summed E-state index contributed by atoms with van der Waals surface area (Å²) < 4.78 is 0. The Morgan fingerprint density at radius 3 is 2.79 bits per heavy atom. The van der Waals surface area contributed by atoms with E-state index in [0.717, 1.165) is 58.5 Å². The summed E-state index contributed by atoms with van der Waals surface area (Å²) in [7, 11) is 2.16. The van der Waals surface area contributed by atoms with E-state index in [9.17, 15) is 0 Å². The van der Waals surface area contributed by atoms with Crippen molar-refractivity contribution in [1.29, 1.82) is 0 Å². The highest BCUT2D eigenvalue weighted by Gasteiger charge is 2.18. The summed E-state index contributed by atoms with van der Waals surface area (Å²) in [4.78, 5) is 15.2. The highest BCUT2D eigenvalue weighted by atomic mass is 32.1. The molecule has 0 amide bonds. The van der Waals surface area contributed by atoms with Gasteiger partial charge >= 0.3 is 0 Å². The Labute approximate surface area is 174 Å². The molecule has 1 aliphatic rings. The van der Waals surface area contributed by atoms with Crippen molar-refractivity contribution in [3.63, 3.8) is 0 Å². The molecule has 0 unspecified atom stereocenters. The van der Waals surface area contributed by atoms with Crippen LogP contribution >= 0.6 is 11.3 Å². The molecule has 3 aromatic heterocycles. The molecule has 0 spiro atoms. The number of nitrogens with zero attached hydrogens (tertiary/aromatic N) is 3. The quantitative estimate of drug-likeness (QED) is 0.503. The van der Waals surface area contributed by atoms with Gasteiger partial charge in [-0.3, -0.25) is 0 Å². The van der Waals surface area contributed by atoms with Crippen LogP contribution in [0, 0.1) is 5.92 Å². The van der Waals surface area contributed by atoms with Gasteiger partial charge in [-0.25, -0.2) is 9.97 Å². The normalized spacial score (nSPS) is 15.1. The summed E-state index contributed by atoms with van der Waals surface area (Å²) in [6.45, 7) is 3.34. The van der Waals surface area contributed by atoms with Gasteiger partial charge < -0.3 is 15.2 Å². The number of thiazole rings is 1. The number of hydrogen-bond acceptors (Lipinski definition) is 5. The number of aromatic amines is 1. The lowest BCUT2D eigenvalue weighted by Crippen LogP contribution is -2.34. The predicted octanol–water partition coefficient (Wildman–Crippen LogP) is 4.79. The molecule has 5 rings (SSSR count). The van der Waals surface area contributed by atoms with E-state index >= 15 is 0 Å². The van der Waals surface area contributed by atoms with E-state index in [1.165, 1.54) is 18.4 Å². The standard InChI is InChI=1S/C23H25N5S/c1-28(14-16-7-9-24-10-8-16)23-27-21(15-29-23)20-13-26-22-19(20)11-18(12-25-22)17-5-3-2-4-6-17/h2-6,11-13,15-16,24H,7-10,14H2,1H3,(H,25,26). The topological polar surface area (TPSA) is 56.8 Å². The number of pyridine rings is 1. The van der Waals surface area contributed by atoms with E-state index < -0.39 is 0 Å². The molecule has 4 heterocycles. The van der Waals surface area contributed by atoms with Crippen LogP contribution in [-0.4, -0.2) is 41.6 Å². The van der Waals surface area contributed by atoms with Crippen molar-refractivity contribution in [1.82, 2.24) is 20.3 Å². The van der Waals surface area contributed by atoms with Crippen LogP contribution < -0.4 is 10.2 Å². The molecule has 2 N–H and O–H groups in total. The molecule has 1 aromatic carbocycles. The highest BCUT2D eigenvalue weighted by molar-refractivity contribution is 7.14. The molecule has 0 aliphatic carbocycles. The van der Waals surface area contributed by atoms with Crippen molar-refractivity contribution in [2.24, 2.45) is 5.92 Å². The molecule has 6 heteroatoms. The van der Waals surface area contributed by atoms with Crippen LogP contribution in [0.2, 0.25) is 0 Å². The van der Waals surface area contributed by atoms with E-state index in [0.29, 0.717) is 0 Å². The average Bonchev–Trinajstić information content (AvgIpc) is 3.42. The van der Waals surface area contributed by atoms with E-state index in [-0.39, 0.29) is 0 Å². The van der Waals surface area contributed by atoms with Crippen LogP contribution in [0.5, 0.6) is 0 Å². The smallest absolute Gasteiger partial charge is 0.185 e. The third kappa shape index (κ3) is 3.78.